The van der Waals surface area contributed by atoms with E-state index in [9.17, 15) is 14.0 Å². The quantitative estimate of drug-likeness (QED) is 0.702. The predicted octanol–water partition coefficient (Wildman–Crippen LogP) is 2.25. The lowest BCUT2D eigenvalue weighted by atomic mass is 10.2. The molecule has 0 saturated carbocycles. The molecule has 0 aromatic heterocycles. The Morgan fingerprint density at radius 3 is 2.55 bits per heavy atom. The summed E-state index contributed by atoms with van der Waals surface area (Å²) < 4.78 is 18.4. The predicted molar refractivity (Wildman–Crippen MR) is 82.3 cm³/mol. The summed E-state index contributed by atoms with van der Waals surface area (Å²) in [4.78, 5) is 22.4. The number of rotatable bonds is 6. The monoisotopic (exact) mass is 311 g/mol. The van der Waals surface area contributed by atoms with Gasteiger partial charge >= 0.3 is 6.09 Å². The number of carbonyl (C=O) groups excluding carboxylic acids is 2. The lowest BCUT2D eigenvalue weighted by molar-refractivity contribution is 0.0527. The molecular weight excluding hydrogens is 289 g/mol. The van der Waals surface area contributed by atoms with Crippen molar-refractivity contribution in [3.05, 3.63) is 29.6 Å². The van der Waals surface area contributed by atoms with Crippen LogP contribution in [0.25, 0.3) is 0 Å². The van der Waals surface area contributed by atoms with Gasteiger partial charge in [-0.25, -0.2) is 9.18 Å². The molecule has 0 radical (unpaired) electrons. The van der Waals surface area contributed by atoms with E-state index >= 15 is 0 Å². The fraction of sp³-hybridized carbons (Fsp3) is 0.467. The summed E-state index contributed by atoms with van der Waals surface area (Å²) in [5.74, 6) is -1.46. The highest BCUT2D eigenvalue weighted by Gasteiger charge is 2.15. The van der Waals surface area contributed by atoms with Gasteiger partial charge in [0.25, 0.3) is 5.91 Å². The molecule has 0 bridgehead atoms. The molecule has 7 heteroatoms. The molecule has 2 amide bonds. The lowest BCUT2D eigenvalue weighted by Gasteiger charge is -2.19. The molecule has 1 aromatic carbocycles. The minimum Gasteiger partial charge on any atom is -0.444 e. The first-order chi connectivity index (χ1) is 10.2. The first-order valence-corrected chi connectivity index (χ1v) is 6.99. The largest absolute Gasteiger partial charge is 0.444 e. The fourth-order valence-corrected chi connectivity index (χ4v) is 1.65. The van der Waals surface area contributed by atoms with Crippen LogP contribution < -0.4 is 16.4 Å². The van der Waals surface area contributed by atoms with Gasteiger partial charge in [0.05, 0.1) is 5.56 Å². The SMILES string of the molecule is CC(C)(C)OC(=O)NCCCNc1ccc(F)c(C(N)=O)c1. The smallest absolute Gasteiger partial charge is 0.407 e. The van der Waals surface area contributed by atoms with Crippen molar-refractivity contribution in [2.75, 3.05) is 18.4 Å². The minimum atomic E-state index is -0.812. The molecule has 1 rings (SSSR count). The zero-order valence-corrected chi connectivity index (χ0v) is 13.0. The summed E-state index contributed by atoms with van der Waals surface area (Å²) in [5, 5.41) is 5.65. The van der Waals surface area contributed by atoms with Gasteiger partial charge in [0.1, 0.15) is 11.4 Å². The van der Waals surface area contributed by atoms with Crippen LogP contribution in [0.2, 0.25) is 0 Å². The molecule has 0 heterocycles. The Hall–Kier alpha value is -2.31. The summed E-state index contributed by atoms with van der Waals surface area (Å²) in [7, 11) is 0. The van der Waals surface area contributed by atoms with E-state index in [-0.39, 0.29) is 5.56 Å². The van der Waals surface area contributed by atoms with Crippen molar-refractivity contribution in [1.29, 1.82) is 0 Å². The van der Waals surface area contributed by atoms with Crippen molar-refractivity contribution in [2.24, 2.45) is 5.73 Å². The lowest BCUT2D eigenvalue weighted by Crippen LogP contribution is -2.33. The molecular formula is C15H22FN3O3. The normalized spacial score (nSPS) is 10.9. The number of primary amides is 1. The molecule has 0 atom stereocenters. The van der Waals surface area contributed by atoms with Gasteiger partial charge in [0, 0.05) is 18.8 Å². The van der Waals surface area contributed by atoms with Crippen molar-refractivity contribution in [2.45, 2.75) is 32.8 Å². The average Bonchev–Trinajstić information content (AvgIpc) is 2.37. The second-order valence-electron chi connectivity index (χ2n) is 5.77. The maximum Gasteiger partial charge on any atom is 0.407 e. The Morgan fingerprint density at radius 2 is 1.95 bits per heavy atom. The van der Waals surface area contributed by atoms with Gasteiger partial charge in [-0.15, -0.1) is 0 Å². The molecule has 0 aliphatic rings. The second-order valence-corrected chi connectivity index (χ2v) is 5.77. The van der Waals surface area contributed by atoms with Gasteiger partial charge in [0.15, 0.2) is 0 Å². The number of hydrogen-bond donors (Lipinski definition) is 3. The number of halogens is 1. The van der Waals surface area contributed by atoms with Gasteiger partial charge < -0.3 is 21.1 Å². The van der Waals surface area contributed by atoms with Crippen LogP contribution in [0.5, 0.6) is 0 Å². The number of nitrogens with two attached hydrogens (primary N) is 1. The Bertz CT molecular complexity index is 541. The summed E-state index contributed by atoms with van der Waals surface area (Å²) in [6.07, 6.45) is 0.174. The summed E-state index contributed by atoms with van der Waals surface area (Å²) in [6.45, 7) is 6.35. The Kier molecular flexibility index (Phi) is 6.15. The van der Waals surface area contributed by atoms with Crippen LogP contribution in [0.3, 0.4) is 0 Å². The van der Waals surface area contributed by atoms with E-state index in [0.29, 0.717) is 25.2 Å². The highest BCUT2D eigenvalue weighted by molar-refractivity contribution is 5.94. The van der Waals surface area contributed by atoms with Gasteiger partial charge in [-0.3, -0.25) is 4.79 Å². The fourth-order valence-electron chi connectivity index (χ4n) is 1.65. The third kappa shape index (κ3) is 6.43. The number of nitrogens with one attached hydrogen (secondary N) is 2. The van der Waals surface area contributed by atoms with Gasteiger partial charge in [-0.1, -0.05) is 0 Å². The van der Waals surface area contributed by atoms with E-state index in [1.165, 1.54) is 18.2 Å². The standard InChI is InChI=1S/C15H22FN3O3/c1-15(2,3)22-14(21)19-8-4-7-18-10-5-6-12(16)11(9-10)13(17)20/h5-6,9,18H,4,7-8H2,1-3H3,(H2,17,20)(H,19,21). The number of anilines is 1. The molecule has 22 heavy (non-hydrogen) atoms. The highest BCUT2D eigenvalue weighted by atomic mass is 19.1. The molecule has 0 fully saturated rings. The summed E-state index contributed by atoms with van der Waals surface area (Å²) in [6, 6.07) is 4.06. The molecule has 0 unspecified atom stereocenters. The number of amides is 2. The molecule has 1 aromatic rings. The number of carbonyl (C=O) groups is 2. The van der Waals surface area contributed by atoms with E-state index < -0.39 is 23.4 Å². The zero-order valence-electron chi connectivity index (χ0n) is 13.0. The Labute approximate surface area is 129 Å². The van der Waals surface area contributed by atoms with E-state index in [1.54, 1.807) is 20.8 Å². The molecule has 0 spiro atoms. The van der Waals surface area contributed by atoms with Crippen LogP contribution in [-0.2, 0) is 4.74 Å². The van der Waals surface area contributed by atoms with Crippen LogP contribution in [0.4, 0.5) is 14.9 Å². The Balaban J connectivity index is 2.32. The van der Waals surface area contributed by atoms with Crippen molar-refractivity contribution in [3.8, 4) is 0 Å². The van der Waals surface area contributed by atoms with Gasteiger partial charge in [0.2, 0.25) is 0 Å². The first-order valence-electron chi connectivity index (χ1n) is 6.99. The number of benzene rings is 1. The number of ether oxygens (including phenoxy) is 1. The maximum atomic E-state index is 13.3. The topological polar surface area (TPSA) is 93.4 Å². The third-order valence-electron chi connectivity index (χ3n) is 2.58. The van der Waals surface area contributed by atoms with Crippen molar-refractivity contribution >= 4 is 17.7 Å². The molecule has 0 aliphatic heterocycles. The van der Waals surface area contributed by atoms with Crippen LogP contribution in [0.1, 0.15) is 37.6 Å². The third-order valence-corrected chi connectivity index (χ3v) is 2.58. The van der Waals surface area contributed by atoms with E-state index in [4.69, 9.17) is 10.5 Å². The van der Waals surface area contributed by atoms with Crippen molar-refractivity contribution < 1.29 is 18.7 Å². The highest BCUT2D eigenvalue weighted by Crippen LogP contribution is 2.14. The second kappa shape index (κ2) is 7.63. The number of alkyl carbamates (subject to hydrolysis) is 1. The van der Waals surface area contributed by atoms with E-state index in [2.05, 4.69) is 10.6 Å². The molecule has 0 aliphatic carbocycles. The Morgan fingerprint density at radius 1 is 1.27 bits per heavy atom. The van der Waals surface area contributed by atoms with Crippen LogP contribution in [0, 0.1) is 5.82 Å². The molecule has 6 nitrogen and oxygen atoms in total. The van der Waals surface area contributed by atoms with Gasteiger partial charge in [-0.05, 0) is 45.4 Å². The van der Waals surface area contributed by atoms with Crippen LogP contribution in [0.15, 0.2) is 18.2 Å². The van der Waals surface area contributed by atoms with Crippen LogP contribution in [-0.4, -0.2) is 30.7 Å². The summed E-state index contributed by atoms with van der Waals surface area (Å²) >= 11 is 0. The minimum absolute atomic E-state index is 0.156. The molecule has 122 valence electrons. The van der Waals surface area contributed by atoms with Crippen molar-refractivity contribution in [1.82, 2.24) is 5.32 Å². The van der Waals surface area contributed by atoms with Gasteiger partial charge in [-0.2, -0.15) is 0 Å². The molecule has 4 N–H and O–H groups in total. The maximum absolute atomic E-state index is 13.3. The summed E-state index contributed by atoms with van der Waals surface area (Å²) in [5.41, 5.74) is 4.98. The average molecular weight is 311 g/mol. The molecule has 0 saturated heterocycles. The van der Waals surface area contributed by atoms with E-state index in [1.807, 2.05) is 0 Å². The van der Waals surface area contributed by atoms with Crippen molar-refractivity contribution in [3.63, 3.8) is 0 Å². The zero-order chi connectivity index (χ0) is 16.8. The van der Waals surface area contributed by atoms with E-state index in [0.717, 1.165) is 0 Å². The van der Waals surface area contributed by atoms with Crippen LogP contribution >= 0.6 is 0 Å². The number of hydrogen-bond acceptors (Lipinski definition) is 4. The first kappa shape index (κ1) is 17.7.